The van der Waals surface area contributed by atoms with Gasteiger partial charge in [-0.25, -0.2) is 4.98 Å². The number of aromatic amines is 1. The number of nitrogens with one attached hydrogen (secondary N) is 1. The summed E-state index contributed by atoms with van der Waals surface area (Å²) in [5.41, 5.74) is 4.20. The molecule has 0 spiro atoms. The van der Waals surface area contributed by atoms with Crippen molar-refractivity contribution in [2.24, 2.45) is 0 Å². The molecular weight excluding hydrogens is 370 g/mol. The summed E-state index contributed by atoms with van der Waals surface area (Å²) < 4.78 is 4.93. The normalized spacial score (nSPS) is 10.1. The van der Waals surface area contributed by atoms with Gasteiger partial charge in [-0.05, 0) is 18.1 Å². The Kier molecular flexibility index (Phi) is 9.46. The van der Waals surface area contributed by atoms with Crippen molar-refractivity contribution >= 4 is 33.5 Å². The molecule has 0 radical (unpaired) electrons. The number of ether oxygens (including phenoxy) is 1. The number of para-hydroxylation sites is 1. The number of pyridine rings is 1. The summed E-state index contributed by atoms with van der Waals surface area (Å²) in [4.78, 5) is 12.3. The number of benzene rings is 2. The van der Waals surface area contributed by atoms with E-state index < -0.39 is 0 Å². The van der Waals surface area contributed by atoms with Crippen LogP contribution in [0.2, 0.25) is 0 Å². The third-order valence-corrected chi connectivity index (χ3v) is 4.24. The Morgan fingerprint density at radius 3 is 2.43 bits per heavy atom. The van der Waals surface area contributed by atoms with E-state index in [0.29, 0.717) is 12.5 Å². The average molecular weight is 398 g/mol. The molecule has 28 heavy (non-hydrogen) atoms. The lowest BCUT2D eigenvalue weighted by molar-refractivity contribution is 0.185. The summed E-state index contributed by atoms with van der Waals surface area (Å²) in [5, 5.41) is 1.10. The zero-order chi connectivity index (χ0) is 20.2. The van der Waals surface area contributed by atoms with E-state index in [9.17, 15) is 0 Å². The quantitative estimate of drug-likeness (QED) is 0.411. The minimum Gasteiger partial charge on any atom is -0.380 e. The molecule has 0 fully saturated rings. The summed E-state index contributed by atoms with van der Waals surface area (Å²) in [6.07, 6.45) is 3.66. The van der Waals surface area contributed by atoms with Crippen molar-refractivity contribution in [3.05, 3.63) is 72.2 Å². The van der Waals surface area contributed by atoms with Gasteiger partial charge < -0.3 is 9.72 Å². The first-order chi connectivity index (χ1) is 13.8. The van der Waals surface area contributed by atoms with Crippen LogP contribution in [0.4, 0.5) is 0 Å². The van der Waals surface area contributed by atoms with Gasteiger partial charge in [-0.3, -0.25) is 4.98 Å². The van der Waals surface area contributed by atoms with Crippen LogP contribution in [0.1, 0.15) is 31.7 Å². The standard InChI is InChI=1S/C13H12ClN3.C8H10O.C2H6/c14-7-3-6-12-16-11-8-15-10-5-2-1-4-9(10)13(11)17-12;1-9-7-8-5-3-2-4-6-8;1-2/h1-2,4-5,8H,3,6-7H2,(H,16,17);2-6H,7H2,1H3;1-2H3. The molecule has 2 aromatic carbocycles. The molecule has 0 saturated carbocycles. The van der Waals surface area contributed by atoms with Crippen LogP contribution in [0.3, 0.4) is 0 Å². The summed E-state index contributed by atoms with van der Waals surface area (Å²) in [6, 6.07) is 18.2. The number of fused-ring (bicyclic) bond motifs is 3. The molecule has 4 aromatic rings. The summed E-state index contributed by atoms with van der Waals surface area (Å²) in [7, 11) is 1.70. The first-order valence-corrected chi connectivity index (χ1v) is 10.2. The van der Waals surface area contributed by atoms with Gasteiger partial charge in [0.05, 0.1) is 29.4 Å². The third kappa shape index (κ3) is 6.04. The van der Waals surface area contributed by atoms with Gasteiger partial charge in [0.15, 0.2) is 0 Å². The van der Waals surface area contributed by atoms with Crippen molar-refractivity contribution < 1.29 is 4.74 Å². The fourth-order valence-electron chi connectivity index (χ4n) is 2.75. The molecule has 0 unspecified atom stereocenters. The molecule has 0 aliphatic heterocycles. The maximum atomic E-state index is 5.69. The summed E-state index contributed by atoms with van der Waals surface area (Å²) >= 11 is 5.69. The minimum atomic E-state index is 0.663. The van der Waals surface area contributed by atoms with Crippen LogP contribution in [0.25, 0.3) is 21.9 Å². The van der Waals surface area contributed by atoms with Gasteiger partial charge in [-0.2, -0.15) is 0 Å². The lowest BCUT2D eigenvalue weighted by atomic mass is 10.2. The Labute approximate surface area is 171 Å². The molecule has 1 N–H and O–H groups in total. The average Bonchev–Trinajstić information content (AvgIpc) is 3.19. The van der Waals surface area contributed by atoms with Crippen molar-refractivity contribution in [2.45, 2.75) is 33.3 Å². The van der Waals surface area contributed by atoms with Crippen LogP contribution in [0.15, 0.2) is 60.8 Å². The summed E-state index contributed by atoms with van der Waals surface area (Å²) in [6.45, 7) is 4.71. The fourth-order valence-corrected chi connectivity index (χ4v) is 2.88. The first-order valence-electron chi connectivity index (χ1n) is 9.63. The van der Waals surface area contributed by atoms with Gasteiger partial charge in [-0.1, -0.05) is 62.4 Å². The van der Waals surface area contributed by atoms with Crippen LogP contribution < -0.4 is 0 Å². The second kappa shape index (κ2) is 12.1. The Hall–Kier alpha value is -2.43. The van der Waals surface area contributed by atoms with Crippen LogP contribution in [-0.4, -0.2) is 27.9 Å². The van der Waals surface area contributed by atoms with E-state index in [1.54, 1.807) is 7.11 Å². The van der Waals surface area contributed by atoms with E-state index in [1.807, 2.05) is 68.6 Å². The topological polar surface area (TPSA) is 50.8 Å². The van der Waals surface area contributed by atoms with Crippen LogP contribution >= 0.6 is 11.6 Å². The Morgan fingerprint density at radius 1 is 1.00 bits per heavy atom. The Bertz CT molecular complexity index is 954. The maximum absolute atomic E-state index is 5.69. The van der Waals surface area contributed by atoms with E-state index >= 15 is 0 Å². The molecule has 0 saturated heterocycles. The Morgan fingerprint density at radius 2 is 1.71 bits per heavy atom. The number of alkyl halides is 1. The number of nitrogens with zero attached hydrogens (tertiary/aromatic N) is 2. The number of hydrogen-bond acceptors (Lipinski definition) is 3. The van der Waals surface area contributed by atoms with Gasteiger partial charge >= 0.3 is 0 Å². The van der Waals surface area contributed by atoms with Gasteiger partial charge in [0.25, 0.3) is 0 Å². The molecule has 148 valence electrons. The third-order valence-electron chi connectivity index (χ3n) is 3.97. The fraction of sp³-hybridized carbons (Fsp3) is 0.304. The highest BCUT2D eigenvalue weighted by molar-refractivity contribution is 6.17. The zero-order valence-corrected chi connectivity index (χ0v) is 17.5. The predicted molar refractivity (Wildman–Crippen MR) is 119 cm³/mol. The van der Waals surface area contributed by atoms with E-state index in [2.05, 4.69) is 21.0 Å². The van der Waals surface area contributed by atoms with Crippen LogP contribution in [0, 0.1) is 0 Å². The van der Waals surface area contributed by atoms with Crippen LogP contribution in [0.5, 0.6) is 0 Å². The minimum absolute atomic E-state index is 0.663. The van der Waals surface area contributed by atoms with E-state index in [4.69, 9.17) is 16.3 Å². The number of halogens is 1. The number of rotatable bonds is 5. The van der Waals surface area contributed by atoms with Crippen molar-refractivity contribution in [3.8, 4) is 0 Å². The number of methoxy groups -OCH3 is 1. The second-order valence-electron chi connectivity index (χ2n) is 5.93. The molecule has 2 aromatic heterocycles. The largest absolute Gasteiger partial charge is 0.380 e. The SMILES string of the molecule is CC.COCc1ccccc1.ClCCCc1nc2c(cnc3ccccc32)[nH]1. The van der Waals surface area contributed by atoms with Gasteiger partial charge in [0.1, 0.15) is 5.82 Å². The lowest BCUT2D eigenvalue weighted by Crippen LogP contribution is -1.88. The van der Waals surface area contributed by atoms with Gasteiger partial charge in [0.2, 0.25) is 0 Å². The second-order valence-corrected chi connectivity index (χ2v) is 6.31. The molecule has 0 aliphatic rings. The zero-order valence-electron chi connectivity index (χ0n) is 16.8. The van der Waals surface area contributed by atoms with E-state index in [-0.39, 0.29) is 0 Å². The number of hydrogen-bond donors (Lipinski definition) is 1. The predicted octanol–water partition coefficient (Wildman–Crippen LogP) is 6.14. The number of imidazole rings is 1. The highest BCUT2D eigenvalue weighted by Crippen LogP contribution is 2.21. The van der Waals surface area contributed by atoms with Crippen molar-refractivity contribution in [2.75, 3.05) is 13.0 Å². The molecule has 5 heteroatoms. The molecule has 0 bridgehead atoms. The molecule has 0 atom stereocenters. The van der Waals surface area contributed by atoms with E-state index in [1.165, 1.54) is 5.56 Å². The first kappa shape index (κ1) is 21.9. The van der Waals surface area contributed by atoms with Gasteiger partial charge in [-0.15, -0.1) is 11.6 Å². The van der Waals surface area contributed by atoms with Crippen molar-refractivity contribution in [3.63, 3.8) is 0 Å². The highest BCUT2D eigenvalue weighted by Gasteiger charge is 2.06. The van der Waals surface area contributed by atoms with E-state index in [0.717, 1.165) is 40.6 Å². The molecule has 4 rings (SSSR count). The number of aryl methyl sites for hydroxylation is 1. The monoisotopic (exact) mass is 397 g/mol. The maximum Gasteiger partial charge on any atom is 0.107 e. The Balaban J connectivity index is 0.000000216. The van der Waals surface area contributed by atoms with Crippen molar-refractivity contribution in [1.82, 2.24) is 15.0 Å². The number of aromatic nitrogens is 3. The molecule has 4 nitrogen and oxygen atoms in total. The smallest absolute Gasteiger partial charge is 0.107 e. The van der Waals surface area contributed by atoms with Gasteiger partial charge in [0, 0.05) is 24.8 Å². The summed E-state index contributed by atoms with van der Waals surface area (Å²) in [5.74, 6) is 1.65. The molecule has 0 aliphatic carbocycles. The number of H-pyrrole nitrogens is 1. The van der Waals surface area contributed by atoms with Crippen LogP contribution in [-0.2, 0) is 17.8 Å². The highest BCUT2D eigenvalue weighted by atomic mass is 35.5. The molecule has 2 heterocycles. The molecular formula is C23H28ClN3O. The van der Waals surface area contributed by atoms with Crippen molar-refractivity contribution in [1.29, 1.82) is 0 Å². The lowest BCUT2D eigenvalue weighted by Gasteiger charge is -1.95. The molecule has 0 amide bonds.